The molecule has 0 aromatic carbocycles. The number of nitrogens with zero attached hydrogens (tertiary/aromatic N) is 4. The number of nitrogens with one attached hydrogen (secondary N) is 1. The zero-order valence-corrected chi connectivity index (χ0v) is 12.2. The normalized spacial score (nSPS) is 14.8. The van der Waals surface area contributed by atoms with Crippen molar-refractivity contribution in [1.82, 2.24) is 15.0 Å². The molecule has 0 aliphatic heterocycles. The van der Waals surface area contributed by atoms with Crippen molar-refractivity contribution >= 4 is 11.9 Å². The molecule has 1 aliphatic rings. The lowest BCUT2D eigenvalue weighted by molar-refractivity contribution is 0.281. The van der Waals surface area contributed by atoms with Gasteiger partial charge in [-0.15, -0.1) is 0 Å². The van der Waals surface area contributed by atoms with Gasteiger partial charge in [-0.1, -0.05) is 6.92 Å². The van der Waals surface area contributed by atoms with Crippen LogP contribution in [0.2, 0.25) is 0 Å². The standard InChI is InChI=1S/C13H23N5O2/c1-3-7-14-11-15-12(17-13(16-11)20-2)18(8-9-19)10-5-4-6-10/h10,19H,3-9H2,1-2H3,(H,14,15,16,17). The fourth-order valence-corrected chi connectivity index (χ4v) is 2.13. The van der Waals surface area contributed by atoms with Crippen molar-refractivity contribution < 1.29 is 9.84 Å². The molecule has 2 rings (SSSR count). The van der Waals surface area contributed by atoms with Gasteiger partial charge in [0.1, 0.15) is 0 Å². The van der Waals surface area contributed by atoms with E-state index in [4.69, 9.17) is 4.74 Å². The highest BCUT2D eigenvalue weighted by molar-refractivity contribution is 5.40. The maximum atomic E-state index is 9.24. The van der Waals surface area contributed by atoms with Crippen LogP contribution in [0, 0.1) is 0 Å². The lowest BCUT2D eigenvalue weighted by Gasteiger charge is -2.37. The third-order valence-corrected chi connectivity index (χ3v) is 3.43. The van der Waals surface area contributed by atoms with Gasteiger partial charge in [0.15, 0.2) is 0 Å². The molecule has 7 heteroatoms. The third kappa shape index (κ3) is 3.47. The molecule has 112 valence electrons. The molecule has 0 unspecified atom stereocenters. The van der Waals surface area contributed by atoms with E-state index >= 15 is 0 Å². The average Bonchev–Trinajstić information content (AvgIpc) is 2.42. The maximum absolute atomic E-state index is 9.24. The Morgan fingerprint density at radius 3 is 2.70 bits per heavy atom. The highest BCUT2D eigenvalue weighted by atomic mass is 16.5. The summed E-state index contributed by atoms with van der Waals surface area (Å²) < 4.78 is 5.14. The van der Waals surface area contributed by atoms with Gasteiger partial charge in [0.2, 0.25) is 11.9 Å². The van der Waals surface area contributed by atoms with Crippen LogP contribution in [0.4, 0.5) is 11.9 Å². The second-order valence-corrected chi connectivity index (χ2v) is 4.87. The van der Waals surface area contributed by atoms with Crippen molar-refractivity contribution in [3.63, 3.8) is 0 Å². The molecular formula is C13H23N5O2. The number of anilines is 2. The Kier molecular flexibility index (Phi) is 5.34. The molecule has 0 spiro atoms. The minimum Gasteiger partial charge on any atom is -0.467 e. The summed E-state index contributed by atoms with van der Waals surface area (Å²) >= 11 is 0. The van der Waals surface area contributed by atoms with Crippen molar-refractivity contribution in [2.75, 3.05) is 37.0 Å². The van der Waals surface area contributed by atoms with Crippen molar-refractivity contribution in [1.29, 1.82) is 0 Å². The first-order valence-corrected chi connectivity index (χ1v) is 7.20. The van der Waals surface area contributed by atoms with Crippen LogP contribution in [0.3, 0.4) is 0 Å². The molecular weight excluding hydrogens is 258 g/mol. The molecule has 1 aromatic heterocycles. The zero-order valence-electron chi connectivity index (χ0n) is 12.2. The fraction of sp³-hybridized carbons (Fsp3) is 0.769. The molecule has 1 fully saturated rings. The number of hydrogen-bond acceptors (Lipinski definition) is 7. The molecule has 7 nitrogen and oxygen atoms in total. The lowest BCUT2D eigenvalue weighted by Crippen LogP contribution is -2.43. The first-order valence-electron chi connectivity index (χ1n) is 7.20. The van der Waals surface area contributed by atoms with E-state index in [1.807, 2.05) is 4.90 Å². The predicted molar refractivity (Wildman–Crippen MR) is 77.2 cm³/mol. The van der Waals surface area contributed by atoms with Gasteiger partial charge in [-0.2, -0.15) is 15.0 Å². The quantitative estimate of drug-likeness (QED) is 0.737. The number of hydrogen-bond donors (Lipinski definition) is 2. The largest absolute Gasteiger partial charge is 0.467 e. The summed E-state index contributed by atoms with van der Waals surface area (Å²) in [6.07, 6.45) is 4.44. The summed E-state index contributed by atoms with van der Waals surface area (Å²) in [7, 11) is 1.54. The van der Waals surface area contributed by atoms with Crippen LogP contribution in [0.15, 0.2) is 0 Å². The molecule has 0 amide bonds. The second kappa shape index (κ2) is 7.23. The fourth-order valence-electron chi connectivity index (χ4n) is 2.13. The van der Waals surface area contributed by atoms with Gasteiger partial charge >= 0.3 is 6.01 Å². The molecule has 0 saturated heterocycles. The Morgan fingerprint density at radius 1 is 1.35 bits per heavy atom. The van der Waals surface area contributed by atoms with Crippen molar-refractivity contribution in [3.8, 4) is 6.01 Å². The van der Waals surface area contributed by atoms with E-state index in [1.165, 1.54) is 6.42 Å². The Balaban J connectivity index is 2.21. The Labute approximate surface area is 119 Å². The van der Waals surface area contributed by atoms with Crippen LogP contribution in [0.1, 0.15) is 32.6 Å². The number of methoxy groups -OCH3 is 1. The summed E-state index contributed by atoms with van der Waals surface area (Å²) in [5, 5.41) is 12.4. The molecule has 0 bridgehead atoms. The Hall–Kier alpha value is -1.63. The summed E-state index contributed by atoms with van der Waals surface area (Å²) in [6.45, 7) is 3.50. The lowest BCUT2D eigenvalue weighted by atomic mass is 9.92. The van der Waals surface area contributed by atoms with Crippen LogP contribution < -0.4 is 15.0 Å². The van der Waals surface area contributed by atoms with E-state index in [-0.39, 0.29) is 6.61 Å². The van der Waals surface area contributed by atoms with E-state index in [1.54, 1.807) is 7.11 Å². The Bertz CT molecular complexity index is 425. The molecule has 1 aliphatic carbocycles. The Morgan fingerprint density at radius 2 is 2.15 bits per heavy atom. The molecule has 1 heterocycles. The highest BCUT2D eigenvalue weighted by Gasteiger charge is 2.27. The molecule has 1 aromatic rings. The second-order valence-electron chi connectivity index (χ2n) is 4.87. The van der Waals surface area contributed by atoms with E-state index in [0.717, 1.165) is 25.8 Å². The van der Waals surface area contributed by atoms with Gasteiger partial charge in [0.05, 0.1) is 13.7 Å². The van der Waals surface area contributed by atoms with Gasteiger partial charge in [-0.3, -0.25) is 0 Å². The molecule has 0 atom stereocenters. The summed E-state index contributed by atoms with van der Waals surface area (Å²) in [5.74, 6) is 1.10. The number of aromatic nitrogens is 3. The summed E-state index contributed by atoms with van der Waals surface area (Å²) in [5.41, 5.74) is 0. The first-order chi connectivity index (χ1) is 9.78. The molecule has 1 saturated carbocycles. The van der Waals surface area contributed by atoms with Gasteiger partial charge in [0, 0.05) is 19.1 Å². The van der Waals surface area contributed by atoms with Crippen molar-refractivity contribution in [2.45, 2.75) is 38.6 Å². The number of aliphatic hydroxyl groups is 1. The van der Waals surface area contributed by atoms with Crippen LogP contribution >= 0.6 is 0 Å². The summed E-state index contributed by atoms with van der Waals surface area (Å²) in [4.78, 5) is 15.0. The van der Waals surface area contributed by atoms with Crippen LogP contribution in [-0.2, 0) is 0 Å². The van der Waals surface area contributed by atoms with Gasteiger partial charge in [-0.25, -0.2) is 0 Å². The van der Waals surface area contributed by atoms with Crippen LogP contribution in [0.25, 0.3) is 0 Å². The topological polar surface area (TPSA) is 83.4 Å². The maximum Gasteiger partial charge on any atom is 0.322 e. The SMILES string of the molecule is CCCNc1nc(OC)nc(N(CCO)C2CCC2)n1. The number of rotatable bonds is 8. The minimum atomic E-state index is 0.0855. The monoisotopic (exact) mass is 281 g/mol. The zero-order chi connectivity index (χ0) is 14.4. The number of ether oxygens (including phenoxy) is 1. The number of aliphatic hydroxyl groups excluding tert-OH is 1. The molecule has 2 N–H and O–H groups in total. The first kappa shape index (κ1) is 14.8. The van der Waals surface area contributed by atoms with E-state index in [2.05, 4.69) is 27.2 Å². The highest BCUT2D eigenvalue weighted by Crippen LogP contribution is 2.28. The minimum absolute atomic E-state index is 0.0855. The van der Waals surface area contributed by atoms with Crippen LogP contribution in [-0.4, -0.2) is 52.9 Å². The van der Waals surface area contributed by atoms with Gasteiger partial charge in [-0.05, 0) is 25.7 Å². The third-order valence-electron chi connectivity index (χ3n) is 3.43. The average molecular weight is 281 g/mol. The van der Waals surface area contributed by atoms with Gasteiger partial charge < -0.3 is 20.1 Å². The molecule has 20 heavy (non-hydrogen) atoms. The molecule has 0 radical (unpaired) electrons. The summed E-state index contributed by atoms with van der Waals surface area (Å²) in [6, 6.07) is 0.712. The predicted octanol–water partition coefficient (Wildman–Crippen LogP) is 1.05. The smallest absolute Gasteiger partial charge is 0.322 e. The van der Waals surface area contributed by atoms with Crippen molar-refractivity contribution in [3.05, 3.63) is 0 Å². The van der Waals surface area contributed by atoms with E-state index in [0.29, 0.717) is 30.5 Å². The van der Waals surface area contributed by atoms with Gasteiger partial charge in [0.25, 0.3) is 0 Å². The van der Waals surface area contributed by atoms with E-state index < -0.39 is 0 Å². The van der Waals surface area contributed by atoms with E-state index in [9.17, 15) is 5.11 Å². The van der Waals surface area contributed by atoms with Crippen LogP contribution in [0.5, 0.6) is 6.01 Å². The van der Waals surface area contributed by atoms with Crippen molar-refractivity contribution in [2.24, 2.45) is 0 Å².